The van der Waals surface area contributed by atoms with Crippen molar-refractivity contribution in [1.82, 2.24) is 14.7 Å². The summed E-state index contributed by atoms with van der Waals surface area (Å²) in [5.41, 5.74) is 0. The molecule has 2 rings (SSSR count). The Balaban J connectivity index is 1.91. The lowest BCUT2D eigenvalue weighted by atomic mass is 9.99. The zero-order valence-corrected chi connectivity index (χ0v) is 13.4. The van der Waals surface area contributed by atoms with Crippen LogP contribution < -0.4 is 0 Å². The second-order valence-corrected chi connectivity index (χ2v) is 6.26. The van der Waals surface area contributed by atoms with Crippen molar-refractivity contribution >= 4 is 5.97 Å². The summed E-state index contributed by atoms with van der Waals surface area (Å²) in [5.74, 6) is 0.180. The number of carbonyl (C=O) groups excluding carboxylic acids is 1. The number of nitrogens with zero attached hydrogens (tertiary/aromatic N) is 3. The molecule has 2 heterocycles. The molecule has 1 aromatic heterocycles. The fourth-order valence-electron chi connectivity index (χ4n) is 3.02. The standard InChI is InChI=1S/C16H27N3O2/c1-13(2)15(18-9-5-4-6-10-18)16(20)21-14(3)12-19-11-7-8-17-19/h7-8,11,13-15H,4-6,9-10,12H2,1-3H3/t14-,15-/m1/s1. The second kappa shape index (κ2) is 7.59. The molecule has 2 atom stereocenters. The van der Waals surface area contributed by atoms with Gasteiger partial charge in [0.05, 0.1) is 6.54 Å². The smallest absolute Gasteiger partial charge is 0.323 e. The van der Waals surface area contributed by atoms with Gasteiger partial charge in [-0.15, -0.1) is 0 Å². The predicted molar refractivity (Wildman–Crippen MR) is 81.8 cm³/mol. The molecule has 0 amide bonds. The van der Waals surface area contributed by atoms with E-state index in [-0.39, 0.29) is 24.0 Å². The number of hydrogen-bond donors (Lipinski definition) is 0. The Morgan fingerprint density at radius 2 is 1.95 bits per heavy atom. The Morgan fingerprint density at radius 3 is 2.52 bits per heavy atom. The molecular weight excluding hydrogens is 266 g/mol. The lowest BCUT2D eigenvalue weighted by Gasteiger charge is -2.35. The highest BCUT2D eigenvalue weighted by Crippen LogP contribution is 2.19. The van der Waals surface area contributed by atoms with Gasteiger partial charge >= 0.3 is 5.97 Å². The number of aromatic nitrogens is 2. The normalized spacial score (nSPS) is 19.4. The molecule has 5 heteroatoms. The van der Waals surface area contributed by atoms with E-state index in [4.69, 9.17) is 4.74 Å². The molecule has 0 saturated carbocycles. The molecular formula is C16H27N3O2. The maximum absolute atomic E-state index is 12.5. The van der Waals surface area contributed by atoms with Crippen molar-refractivity contribution in [3.8, 4) is 0 Å². The molecule has 1 aliphatic rings. The number of carbonyl (C=O) groups is 1. The van der Waals surface area contributed by atoms with Crippen molar-refractivity contribution in [3.05, 3.63) is 18.5 Å². The quantitative estimate of drug-likeness (QED) is 0.755. The van der Waals surface area contributed by atoms with Crippen LogP contribution in [0.1, 0.15) is 40.0 Å². The monoisotopic (exact) mass is 293 g/mol. The fourth-order valence-corrected chi connectivity index (χ4v) is 3.02. The van der Waals surface area contributed by atoms with Gasteiger partial charge in [0.15, 0.2) is 0 Å². The van der Waals surface area contributed by atoms with Crippen LogP contribution in [0.2, 0.25) is 0 Å². The number of ether oxygens (including phenoxy) is 1. The third-order valence-corrected chi connectivity index (χ3v) is 3.98. The van der Waals surface area contributed by atoms with Gasteiger partial charge in [0, 0.05) is 12.4 Å². The first-order valence-corrected chi connectivity index (χ1v) is 8.00. The molecule has 5 nitrogen and oxygen atoms in total. The van der Waals surface area contributed by atoms with E-state index >= 15 is 0 Å². The van der Waals surface area contributed by atoms with Crippen LogP contribution in [0.5, 0.6) is 0 Å². The molecule has 1 saturated heterocycles. The largest absolute Gasteiger partial charge is 0.460 e. The second-order valence-electron chi connectivity index (χ2n) is 6.26. The summed E-state index contributed by atoms with van der Waals surface area (Å²) < 4.78 is 7.45. The van der Waals surface area contributed by atoms with Gasteiger partial charge in [0.1, 0.15) is 12.1 Å². The minimum absolute atomic E-state index is 0.0912. The maximum atomic E-state index is 12.5. The van der Waals surface area contributed by atoms with Crippen molar-refractivity contribution in [3.63, 3.8) is 0 Å². The van der Waals surface area contributed by atoms with E-state index in [0.717, 1.165) is 13.1 Å². The summed E-state index contributed by atoms with van der Waals surface area (Å²) in [6.45, 7) is 8.73. The fraction of sp³-hybridized carbons (Fsp3) is 0.750. The molecule has 0 aromatic carbocycles. The predicted octanol–water partition coefficient (Wildman–Crippen LogP) is 2.33. The summed E-state index contributed by atoms with van der Waals surface area (Å²) >= 11 is 0. The summed E-state index contributed by atoms with van der Waals surface area (Å²) in [6.07, 6.45) is 7.09. The molecule has 0 unspecified atom stereocenters. The first-order valence-electron chi connectivity index (χ1n) is 8.00. The average Bonchev–Trinajstić information content (AvgIpc) is 2.92. The molecule has 21 heavy (non-hydrogen) atoms. The lowest BCUT2D eigenvalue weighted by molar-refractivity contribution is -0.157. The molecule has 118 valence electrons. The Bertz CT molecular complexity index is 425. The molecule has 1 aliphatic heterocycles. The van der Waals surface area contributed by atoms with Crippen LogP contribution in [0.3, 0.4) is 0 Å². The Morgan fingerprint density at radius 1 is 1.24 bits per heavy atom. The Kier molecular flexibility index (Phi) is 5.79. The molecule has 0 N–H and O–H groups in total. The average molecular weight is 293 g/mol. The Labute approximate surface area is 127 Å². The third-order valence-electron chi connectivity index (χ3n) is 3.98. The molecule has 0 spiro atoms. The molecule has 0 radical (unpaired) electrons. The lowest BCUT2D eigenvalue weighted by Crippen LogP contribution is -2.48. The van der Waals surface area contributed by atoms with E-state index < -0.39 is 0 Å². The number of hydrogen-bond acceptors (Lipinski definition) is 4. The van der Waals surface area contributed by atoms with E-state index in [9.17, 15) is 4.79 Å². The van der Waals surface area contributed by atoms with Crippen LogP contribution in [0, 0.1) is 5.92 Å². The van der Waals surface area contributed by atoms with Gasteiger partial charge in [0.25, 0.3) is 0 Å². The zero-order chi connectivity index (χ0) is 15.2. The summed E-state index contributed by atoms with van der Waals surface area (Å²) in [7, 11) is 0. The highest BCUT2D eigenvalue weighted by molar-refractivity contribution is 5.76. The van der Waals surface area contributed by atoms with Crippen molar-refractivity contribution in [2.75, 3.05) is 13.1 Å². The maximum Gasteiger partial charge on any atom is 0.323 e. The SMILES string of the molecule is CC(C)[C@H](C(=O)O[C@H](C)Cn1cccn1)N1CCCCC1. The summed E-state index contributed by atoms with van der Waals surface area (Å²) in [6, 6.07) is 1.75. The van der Waals surface area contributed by atoms with Crippen molar-refractivity contribution < 1.29 is 9.53 Å². The van der Waals surface area contributed by atoms with Crippen LogP contribution in [0.15, 0.2) is 18.5 Å². The van der Waals surface area contributed by atoms with E-state index in [2.05, 4.69) is 23.8 Å². The van der Waals surface area contributed by atoms with Crippen LogP contribution >= 0.6 is 0 Å². The van der Waals surface area contributed by atoms with Crippen molar-refractivity contribution in [2.45, 2.75) is 58.7 Å². The Hall–Kier alpha value is -1.36. The molecule has 0 aliphatic carbocycles. The van der Waals surface area contributed by atoms with E-state index in [1.165, 1.54) is 19.3 Å². The first-order chi connectivity index (χ1) is 10.1. The molecule has 0 bridgehead atoms. The van der Waals surface area contributed by atoms with Gasteiger partial charge in [-0.2, -0.15) is 5.10 Å². The zero-order valence-electron chi connectivity index (χ0n) is 13.4. The number of likely N-dealkylation sites (tertiary alicyclic amines) is 1. The topological polar surface area (TPSA) is 47.4 Å². The summed E-state index contributed by atoms with van der Waals surface area (Å²) in [5, 5.41) is 4.15. The number of piperidine rings is 1. The molecule has 1 aromatic rings. The van der Waals surface area contributed by atoms with Crippen LogP contribution in [0.4, 0.5) is 0 Å². The third kappa shape index (κ3) is 4.56. The number of rotatable bonds is 6. The van der Waals surface area contributed by atoms with Gasteiger partial charge < -0.3 is 4.74 Å². The minimum atomic E-state index is -0.163. The van der Waals surface area contributed by atoms with Gasteiger partial charge in [0.2, 0.25) is 0 Å². The van der Waals surface area contributed by atoms with Gasteiger partial charge in [-0.05, 0) is 44.8 Å². The van der Waals surface area contributed by atoms with Gasteiger partial charge in [-0.25, -0.2) is 0 Å². The van der Waals surface area contributed by atoms with Crippen LogP contribution in [-0.2, 0) is 16.1 Å². The van der Waals surface area contributed by atoms with Crippen LogP contribution in [-0.4, -0.2) is 45.9 Å². The summed E-state index contributed by atoms with van der Waals surface area (Å²) in [4.78, 5) is 14.8. The van der Waals surface area contributed by atoms with Crippen molar-refractivity contribution in [1.29, 1.82) is 0 Å². The van der Waals surface area contributed by atoms with E-state index in [1.54, 1.807) is 10.9 Å². The van der Waals surface area contributed by atoms with E-state index in [0.29, 0.717) is 6.54 Å². The van der Waals surface area contributed by atoms with Crippen molar-refractivity contribution in [2.24, 2.45) is 5.92 Å². The number of esters is 1. The van der Waals surface area contributed by atoms with E-state index in [1.807, 2.05) is 19.2 Å². The first kappa shape index (κ1) is 16.0. The van der Waals surface area contributed by atoms with Gasteiger partial charge in [-0.3, -0.25) is 14.4 Å². The highest BCUT2D eigenvalue weighted by atomic mass is 16.5. The van der Waals surface area contributed by atoms with Crippen LogP contribution in [0.25, 0.3) is 0 Å². The minimum Gasteiger partial charge on any atom is -0.460 e. The van der Waals surface area contributed by atoms with Gasteiger partial charge in [-0.1, -0.05) is 20.3 Å². The molecule has 1 fully saturated rings. The highest BCUT2D eigenvalue weighted by Gasteiger charge is 2.32.